The highest BCUT2D eigenvalue weighted by atomic mass is 32.1. The number of carbonyl (C=O) groups is 1. The molecule has 3 aromatic rings. The van der Waals surface area contributed by atoms with Crippen molar-refractivity contribution >= 4 is 22.9 Å². The summed E-state index contributed by atoms with van der Waals surface area (Å²) in [5.41, 5.74) is 4.25. The number of nitrogens with zero attached hydrogens (tertiary/aromatic N) is 2. The summed E-state index contributed by atoms with van der Waals surface area (Å²) < 4.78 is 5.50. The summed E-state index contributed by atoms with van der Waals surface area (Å²) in [7, 11) is 1.73. The highest BCUT2D eigenvalue weighted by molar-refractivity contribution is 7.08. The topological polar surface area (TPSA) is 44.8 Å². The van der Waals surface area contributed by atoms with E-state index < -0.39 is 0 Å². The minimum atomic E-state index is 0.00675. The van der Waals surface area contributed by atoms with Crippen LogP contribution in [0.4, 0.5) is 5.69 Å². The SMILES string of the molecule is COc1ccccc1N1CCN(CCCCNC(=O)c2ccc(-c3ccsc3)cc2)CC1. The van der Waals surface area contributed by atoms with E-state index in [0.29, 0.717) is 6.54 Å². The molecule has 5 nitrogen and oxygen atoms in total. The molecule has 32 heavy (non-hydrogen) atoms. The number of ether oxygens (including phenoxy) is 1. The fourth-order valence-corrected chi connectivity index (χ4v) is 4.78. The third-order valence-electron chi connectivity index (χ3n) is 5.99. The number of benzene rings is 2. The van der Waals surface area contributed by atoms with Crippen molar-refractivity contribution in [3.63, 3.8) is 0 Å². The molecule has 0 unspecified atom stereocenters. The molecular formula is C26H31N3O2S. The maximum Gasteiger partial charge on any atom is 0.251 e. The van der Waals surface area contributed by atoms with Crippen LogP contribution in [-0.2, 0) is 0 Å². The van der Waals surface area contributed by atoms with Crippen molar-refractivity contribution in [3.8, 4) is 16.9 Å². The Morgan fingerprint density at radius 3 is 2.47 bits per heavy atom. The molecule has 1 N–H and O–H groups in total. The molecule has 1 amide bonds. The van der Waals surface area contributed by atoms with Gasteiger partial charge in [0, 0.05) is 38.3 Å². The highest BCUT2D eigenvalue weighted by Crippen LogP contribution is 2.28. The monoisotopic (exact) mass is 449 g/mol. The first kappa shape index (κ1) is 22.4. The third-order valence-corrected chi connectivity index (χ3v) is 6.67. The molecule has 1 saturated heterocycles. The second-order valence-electron chi connectivity index (χ2n) is 8.05. The summed E-state index contributed by atoms with van der Waals surface area (Å²) in [6, 6.07) is 18.2. The van der Waals surface area contributed by atoms with E-state index in [1.54, 1.807) is 18.4 Å². The molecule has 1 aromatic heterocycles. The van der Waals surface area contributed by atoms with E-state index in [2.05, 4.69) is 44.1 Å². The molecule has 1 aliphatic heterocycles. The van der Waals surface area contributed by atoms with Crippen LogP contribution in [0, 0.1) is 0 Å². The molecule has 2 aromatic carbocycles. The predicted molar refractivity (Wildman–Crippen MR) is 133 cm³/mol. The van der Waals surface area contributed by atoms with Gasteiger partial charge in [-0.3, -0.25) is 9.69 Å². The lowest BCUT2D eigenvalue weighted by Crippen LogP contribution is -2.46. The number of hydrogen-bond acceptors (Lipinski definition) is 5. The van der Waals surface area contributed by atoms with Gasteiger partial charge in [-0.1, -0.05) is 24.3 Å². The van der Waals surface area contributed by atoms with E-state index >= 15 is 0 Å². The summed E-state index contributed by atoms with van der Waals surface area (Å²) in [6.45, 7) is 5.93. The minimum Gasteiger partial charge on any atom is -0.495 e. The first-order valence-corrected chi connectivity index (χ1v) is 12.2. The molecule has 0 spiro atoms. The first-order valence-electron chi connectivity index (χ1n) is 11.3. The molecule has 2 heterocycles. The number of rotatable bonds is 9. The quantitative estimate of drug-likeness (QED) is 0.479. The lowest BCUT2D eigenvalue weighted by molar-refractivity contribution is 0.0952. The maximum absolute atomic E-state index is 12.4. The average Bonchev–Trinajstić information content (AvgIpc) is 3.39. The maximum atomic E-state index is 12.4. The fourth-order valence-electron chi connectivity index (χ4n) is 4.11. The number of unbranched alkanes of at least 4 members (excludes halogenated alkanes) is 1. The van der Waals surface area contributed by atoms with E-state index in [1.807, 2.05) is 36.4 Å². The number of thiophene rings is 1. The van der Waals surface area contributed by atoms with Gasteiger partial charge in [-0.25, -0.2) is 0 Å². The minimum absolute atomic E-state index is 0.00675. The molecule has 4 rings (SSSR count). The highest BCUT2D eigenvalue weighted by Gasteiger charge is 2.19. The number of para-hydroxylation sites is 2. The Hall–Kier alpha value is -2.83. The molecule has 0 bridgehead atoms. The van der Waals surface area contributed by atoms with Crippen molar-refractivity contribution < 1.29 is 9.53 Å². The van der Waals surface area contributed by atoms with E-state index in [1.165, 1.54) is 11.3 Å². The van der Waals surface area contributed by atoms with Crippen molar-refractivity contribution in [1.82, 2.24) is 10.2 Å². The summed E-state index contributed by atoms with van der Waals surface area (Å²) in [5.74, 6) is 0.949. The van der Waals surface area contributed by atoms with E-state index in [-0.39, 0.29) is 5.91 Å². The lowest BCUT2D eigenvalue weighted by Gasteiger charge is -2.36. The van der Waals surface area contributed by atoms with Crippen molar-refractivity contribution in [1.29, 1.82) is 0 Å². The van der Waals surface area contributed by atoms with Gasteiger partial charge in [0.15, 0.2) is 0 Å². The number of carbonyl (C=O) groups excluding carboxylic acids is 1. The van der Waals surface area contributed by atoms with Crippen LogP contribution < -0.4 is 15.0 Å². The van der Waals surface area contributed by atoms with Gasteiger partial charge in [0.25, 0.3) is 5.91 Å². The standard InChI is InChI=1S/C26H31N3O2S/c1-31-25-7-3-2-6-24(25)29-17-15-28(16-18-29)14-5-4-13-27-26(30)22-10-8-21(9-11-22)23-12-19-32-20-23/h2-3,6-12,19-20H,4-5,13-18H2,1H3,(H,27,30). The second-order valence-corrected chi connectivity index (χ2v) is 8.83. The molecular weight excluding hydrogens is 418 g/mol. The van der Waals surface area contributed by atoms with E-state index in [0.717, 1.165) is 62.4 Å². The molecule has 6 heteroatoms. The first-order chi connectivity index (χ1) is 15.7. The number of piperazine rings is 1. The fraction of sp³-hybridized carbons (Fsp3) is 0.346. The van der Waals surface area contributed by atoms with Crippen LogP contribution in [0.3, 0.4) is 0 Å². The summed E-state index contributed by atoms with van der Waals surface area (Å²) >= 11 is 1.68. The van der Waals surface area contributed by atoms with Gasteiger partial charge in [0.2, 0.25) is 0 Å². The van der Waals surface area contributed by atoms with Gasteiger partial charge < -0.3 is 15.0 Å². The van der Waals surface area contributed by atoms with Crippen LogP contribution in [0.2, 0.25) is 0 Å². The molecule has 0 saturated carbocycles. The van der Waals surface area contributed by atoms with Crippen molar-refractivity contribution in [2.45, 2.75) is 12.8 Å². The van der Waals surface area contributed by atoms with Crippen LogP contribution in [-0.4, -0.2) is 57.2 Å². The van der Waals surface area contributed by atoms with Gasteiger partial charge >= 0.3 is 0 Å². The van der Waals surface area contributed by atoms with Crippen molar-refractivity contribution in [2.75, 3.05) is 51.3 Å². The third kappa shape index (κ3) is 5.69. The Bertz CT molecular complexity index is 981. The zero-order chi connectivity index (χ0) is 22.2. The molecule has 1 fully saturated rings. The zero-order valence-electron chi connectivity index (χ0n) is 18.6. The molecule has 168 valence electrons. The predicted octanol–water partition coefficient (Wildman–Crippen LogP) is 4.76. The van der Waals surface area contributed by atoms with Crippen LogP contribution in [0.25, 0.3) is 11.1 Å². The Balaban J connectivity index is 1.13. The van der Waals surface area contributed by atoms with Crippen molar-refractivity contribution in [2.24, 2.45) is 0 Å². The normalized spacial score (nSPS) is 14.3. The number of nitrogens with one attached hydrogen (secondary N) is 1. The van der Waals surface area contributed by atoms with Gasteiger partial charge in [-0.05, 0) is 71.6 Å². The summed E-state index contributed by atoms with van der Waals surface area (Å²) in [5, 5.41) is 7.24. The molecule has 1 aliphatic rings. The van der Waals surface area contributed by atoms with Crippen molar-refractivity contribution in [3.05, 3.63) is 70.9 Å². The molecule has 0 radical (unpaired) electrons. The number of anilines is 1. The largest absolute Gasteiger partial charge is 0.495 e. The van der Waals surface area contributed by atoms with Gasteiger partial charge in [0.1, 0.15) is 5.75 Å². The van der Waals surface area contributed by atoms with Crippen LogP contribution >= 0.6 is 11.3 Å². The number of hydrogen-bond donors (Lipinski definition) is 1. The smallest absolute Gasteiger partial charge is 0.251 e. The van der Waals surface area contributed by atoms with E-state index in [9.17, 15) is 4.79 Å². The van der Waals surface area contributed by atoms with E-state index in [4.69, 9.17) is 4.74 Å². The molecule has 0 aliphatic carbocycles. The van der Waals surface area contributed by atoms with Gasteiger partial charge in [-0.2, -0.15) is 11.3 Å². The Kier molecular flexibility index (Phi) is 7.80. The van der Waals surface area contributed by atoms with Crippen LogP contribution in [0.1, 0.15) is 23.2 Å². The Labute approximate surface area is 194 Å². The average molecular weight is 450 g/mol. The summed E-state index contributed by atoms with van der Waals surface area (Å²) in [6.07, 6.45) is 2.08. The van der Waals surface area contributed by atoms with Crippen LogP contribution in [0.15, 0.2) is 65.4 Å². The van der Waals surface area contributed by atoms with Gasteiger partial charge in [-0.15, -0.1) is 0 Å². The Morgan fingerprint density at radius 2 is 1.75 bits per heavy atom. The zero-order valence-corrected chi connectivity index (χ0v) is 19.4. The van der Waals surface area contributed by atoms with Crippen LogP contribution in [0.5, 0.6) is 5.75 Å². The lowest BCUT2D eigenvalue weighted by atomic mass is 10.1. The number of amides is 1. The molecule has 0 atom stereocenters. The van der Waals surface area contributed by atoms with Gasteiger partial charge in [0.05, 0.1) is 12.8 Å². The number of methoxy groups -OCH3 is 1. The second kappa shape index (κ2) is 11.2. The summed E-state index contributed by atoms with van der Waals surface area (Å²) in [4.78, 5) is 17.3. The Morgan fingerprint density at radius 1 is 0.969 bits per heavy atom.